The molecule has 170 valence electrons. The molecule has 0 N–H and O–H groups in total. The Bertz CT molecular complexity index is 565. The van der Waals surface area contributed by atoms with Crippen molar-refractivity contribution in [2.75, 3.05) is 13.2 Å². The normalized spacial score (nSPS) is 10.7. The highest BCUT2D eigenvalue weighted by Gasteiger charge is 2.10. The Balaban J connectivity index is 2.04. The lowest BCUT2D eigenvalue weighted by Gasteiger charge is -2.07. The van der Waals surface area contributed by atoms with Crippen LogP contribution in [0.1, 0.15) is 124 Å². The van der Waals surface area contributed by atoms with E-state index in [9.17, 15) is 9.59 Å². The van der Waals surface area contributed by atoms with Crippen LogP contribution in [0.25, 0.3) is 0 Å². The quantitative estimate of drug-likeness (QED) is 0.183. The SMILES string of the molecule is CCCCCCCCCCCCCCOC(=O)c1ccc(C(=O)OCCCC)cc1. The van der Waals surface area contributed by atoms with E-state index >= 15 is 0 Å². The Kier molecular flexibility index (Phi) is 15.7. The van der Waals surface area contributed by atoms with Crippen LogP contribution in [-0.4, -0.2) is 25.2 Å². The molecule has 0 aliphatic heterocycles. The first-order chi connectivity index (χ1) is 14.7. The minimum Gasteiger partial charge on any atom is -0.462 e. The van der Waals surface area contributed by atoms with Gasteiger partial charge in [-0.15, -0.1) is 0 Å². The maximum Gasteiger partial charge on any atom is 0.338 e. The Morgan fingerprint density at radius 2 is 0.867 bits per heavy atom. The highest BCUT2D eigenvalue weighted by atomic mass is 16.5. The summed E-state index contributed by atoms with van der Waals surface area (Å²) >= 11 is 0. The standard InChI is InChI=1S/C26H42O4/c1-3-5-7-8-9-10-11-12-13-14-15-16-22-30-26(28)24-19-17-23(18-20-24)25(27)29-21-6-4-2/h17-20H,3-16,21-22H2,1-2H3. The van der Waals surface area contributed by atoms with Crippen LogP contribution in [0.5, 0.6) is 0 Å². The van der Waals surface area contributed by atoms with E-state index in [0.717, 1.165) is 25.7 Å². The summed E-state index contributed by atoms with van der Waals surface area (Å²) < 4.78 is 10.5. The Labute approximate surface area is 183 Å². The van der Waals surface area contributed by atoms with Crippen molar-refractivity contribution in [1.82, 2.24) is 0 Å². The van der Waals surface area contributed by atoms with E-state index in [1.54, 1.807) is 24.3 Å². The number of rotatable bonds is 18. The lowest BCUT2D eigenvalue weighted by atomic mass is 10.1. The predicted molar refractivity (Wildman–Crippen MR) is 123 cm³/mol. The number of ether oxygens (including phenoxy) is 2. The maximum absolute atomic E-state index is 12.1. The molecule has 4 heteroatoms. The third-order valence-corrected chi connectivity index (χ3v) is 5.32. The maximum atomic E-state index is 12.1. The van der Waals surface area contributed by atoms with Crippen molar-refractivity contribution in [2.24, 2.45) is 0 Å². The zero-order valence-corrected chi connectivity index (χ0v) is 19.3. The molecule has 0 spiro atoms. The molecule has 30 heavy (non-hydrogen) atoms. The van der Waals surface area contributed by atoms with Crippen molar-refractivity contribution < 1.29 is 19.1 Å². The van der Waals surface area contributed by atoms with Gasteiger partial charge in [0.15, 0.2) is 0 Å². The monoisotopic (exact) mass is 418 g/mol. The number of carbonyl (C=O) groups excluding carboxylic acids is 2. The molecular formula is C26H42O4. The summed E-state index contributed by atoms with van der Waals surface area (Å²) in [7, 11) is 0. The third kappa shape index (κ3) is 12.7. The molecule has 1 rings (SSSR count). The van der Waals surface area contributed by atoms with E-state index in [1.165, 1.54) is 64.2 Å². The molecule has 0 fully saturated rings. The second kappa shape index (κ2) is 18.0. The molecule has 0 amide bonds. The van der Waals surface area contributed by atoms with E-state index in [4.69, 9.17) is 9.47 Å². The number of benzene rings is 1. The summed E-state index contributed by atoms with van der Waals surface area (Å²) in [4.78, 5) is 24.0. The molecule has 0 aliphatic carbocycles. The third-order valence-electron chi connectivity index (χ3n) is 5.32. The summed E-state index contributed by atoms with van der Waals surface area (Å²) in [5, 5.41) is 0. The number of carbonyl (C=O) groups is 2. The van der Waals surface area contributed by atoms with Gasteiger partial charge in [0.1, 0.15) is 0 Å². The highest BCUT2D eigenvalue weighted by Crippen LogP contribution is 2.12. The van der Waals surface area contributed by atoms with Gasteiger partial charge in [0.2, 0.25) is 0 Å². The number of unbranched alkanes of at least 4 members (excludes halogenated alkanes) is 12. The molecular weight excluding hydrogens is 376 g/mol. The molecule has 0 saturated heterocycles. The molecule has 0 aliphatic rings. The van der Waals surface area contributed by atoms with Crippen molar-refractivity contribution in [3.63, 3.8) is 0 Å². The minimum absolute atomic E-state index is 0.330. The van der Waals surface area contributed by atoms with Crippen molar-refractivity contribution in [1.29, 1.82) is 0 Å². The molecule has 0 heterocycles. The van der Waals surface area contributed by atoms with E-state index in [1.807, 2.05) is 6.92 Å². The highest BCUT2D eigenvalue weighted by molar-refractivity contribution is 5.93. The Hall–Kier alpha value is -1.84. The van der Waals surface area contributed by atoms with Gasteiger partial charge in [-0.05, 0) is 37.1 Å². The Morgan fingerprint density at radius 1 is 0.533 bits per heavy atom. The van der Waals surface area contributed by atoms with E-state index in [2.05, 4.69) is 6.92 Å². The van der Waals surface area contributed by atoms with Gasteiger partial charge in [-0.1, -0.05) is 90.9 Å². The summed E-state index contributed by atoms with van der Waals surface area (Å²) in [5.41, 5.74) is 0.933. The molecule has 1 aromatic carbocycles. The fourth-order valence-corrected chi connectivity index (χ4v) is 3.33. The van der Waals surface area contributed by atoms with Crippen LogP contribution in [0, 0.1) is 0 Å². The van der Waals surface area contributed by atoms with E-state index < -0.39 is 0 Å². The topological polar surface area (TPSA) is 52.6 Å². The lowest BCUT2D eigenvalue weighted by molar-refractivity contribution is 0.0484. The first kappa shape index (κ1) is 26.2. The zero-order valence-electron chi connectivity index (χ0n) is 19.3. The van der Waals surface area contributed by atoms with Gasteiger partial charge in [-0.2, -0.15) is 0 Å². The summed E-state index contributed by atoms with van der Waals surface area (Å²) in [6.07, 6.45) is 17.2. The zero-order chi connectivity index (χ0) is 21.9. The van der Waals surface area contributed by atoms with Crippen molar-refractivity contribution in [3.8, 4) is 0 Å². The molecule has 4 nitrogen and oxygen atoms in total. The summed E-state index contributed by atoms with van der Waals surface area (Å²) in [6.45, 7) is 5.19. The molecule has 0 atom stereocenters. The van der Waals surface area contributed by atoms with Crippen molar-refractivity contribution in [3.05, 3.63) is 35.4 Å². The van der Waals surface area contributed by atoms with Gasteiger partial charge >= 0.3 is 11.9 Å². The molecule has 0 saturated carbocycles. The van der Waals surface area contributed by atoms with Gasteiger partial charge in [-0.25, -0.2) is 9.59 Å². The van der Waals surface area contributed by atoms with Crippen LogP contribution < -0.4 is 0 Å². The van der Waals surface area contributed by atoms with Crippen molar-refractivity contribution >= 4 is 11.9 Å². The molecule has 1 aromatic rings. The molecule has 0 aromatic heterocycles. The fourth-order valence-electron chi connectivity index (χ4n) is 3.33. The van der Waals surface area contributed by atoms with Crippen LogP contribution >= 0.6 is 0 Å². The molecule has 0 bridgehead atoms. The second-order valence-electron chi connectivity index (χ2n) is 8.09. The van der Waals surface area contributed by atoms with Crippen LogP contribution in [0.3, 0.4) is 0 Å². The number of hydrogen-bond donors (Lipinski definition) is 0. The number of hydrogen-bond acceptors (Lipinski definition) is 4. The first-order valence-corrected chi connectivity index (χ1v) is 12.1. The van der Waals surface area contributed by atoms with Crippen LogP contribution in [0.15, 0.2) is 24.3 Å². The van der Waals surface area contributed by atoms with Gasteiger partial charge in [0, 0.05) is 0 Å². The van der Waals surface area contributed by atoms with Crippen LogP contribution in [0.4, 0.5) is 0 Å². The average Bonchev–Trinajstić information content (AvgIpc) is 2.77. The first-order valence-electron chi connectivity index (χ1n) is 12.1. The van der Waals surface area contributed by atoms with Gasteiger partial charge < -0.3 is 9.47 Å². The second-order valence-corrected chi connectivity index (χ2v) is 8.09. The fraction of sp³-hybridized carbons (Fsp3) is 0.692. The lowest BCUT2D eigenvalue weighted by Crippen LogP contribution is -2.09. The number of esters is 2. The molecule has 0 unspecified atom stereocenters. The molecule has 0 radical (unpaired) electrons. The van der Waals surface area contributed by atoms with Gasteiger partial charge in [0.05, 0.1) is 24.3 Å². The minimum atomic E-state index is -0.347. The average molecular weight is 419 g/mol. The van der Waals surface area contributed by atoms with Crippen LogP contribution in [0.2, 0.25) is 0 Å². The summed E-state index contributed by atoms with van der Waals surface area (Å²) in [5.74, 6) is -0.677. The Morgan fingerprint density at radius 3 is 1.27 bits per heavy atom. The summed E-state index contributed by atoms with van der Waals surface area (Å²) in [6, 6.07) is 6.49. The van der Waals surface area contributed by atoms with Crippen LogP contribution in [-0.2, 0) is 9.47 Å². The smallest absolute Gasteiger partial charge is 0.338 e. The van der Waals surface area contributed by atoms with E-state index in [-0.39, 0.29) is 11.9 Å². The van der Waals surface area contributed by atoms with Gasteiger partial charge in [-0.3, -0.25) is 0 Å². The van der Waals surface area contributed by atoms with Crippen molar-refractivity contribution in [2.45, 2.75) is 104 Å². The van der Waals surface area contributed by atoms with Gasteiger partial charge in [0.25, 0.3) is 0 Å². The van der Waals surface area contributed by atoms with E-state index in [0.29, 0.717) is 24.3 Å². The predicted octanol–water partition coefficient (Wildman–Crippen LogP) is 7.50. The largest absolute Gasteiger partial charge is 0.462 e.